The summed E-state index contributed by atoms with van der Waals surface area (Å²) in [6.07, 6.45) is 9.74. The molecule has 0 N–H and O–H groups in total. The Balaban J connectivity index is 1.14. The molecule has 0 fully saturated rings. The van der Waals surface area contributed by atoms with Crippen LogP contribution in [0.4, 0.5) is 0 Å². The Bertz CT molecular complexity index is 1790. The zero-order valence-corrected chi connectivity index (χ0v) is 27.0. The molecule has 1 aliphatic carbocycles. The van der Waals surface area contributed by atoms with Gasteiger partial charge in [0.2, 0.25) is 0 Å². The molecule has 4 aromatic carbocycles. The minimum atomic E-state index is -0.362. The van der Waals surface area contributed by atoms with E-state index in [1.54, 1.807) is 0 Å². The molecule has 0 saturated heterocycles. The fraction of sp³-hybridized carbons (Fsp3) is 0.310. The van der Waals surface area contributed by atoms with Gasteiger partial charge in [-0.25, -0.2) is 4.79 Å². The first-order valence-corrected chi connectivity index (χ1v) is 16.4. The Morgan fingerprint density at radius 2 is 1.37 bits per heavy atom. The van der Waals surface area contributed by atoms with Gasteiger partial charge in [0.25, 0.3) is 0 Å². The highest BCUT2D eigenvalue weighted by Crippen LogP contribution is 2.32. The molecule has 0 radical (unpaired) electrons. The molecule has 234 valence electrons. The third kappa shape index (κ3) is 9.29. The van der Waals surface area contributed by atoms with E-state index in [9.17, 15) is 4.79 Å². The van der Waals surface area contributed by atoms with Crippen molar-refractivity contribution in [3.8, 4) is 35.2 Å². The second-order valence-corrected chi connectivity index (χ2v) is 11.9. The minimum Gasteiger partial charge on any atom is -0.494 e. The van der Waals surface area contributed by atoms with E-state index in [2.05, 4.69) is 86.6 Å². The predicted octanol–water partition coefficient (Wildman–Crippen LogP) is 8.97. The summed E-state index contributed by atoms with van der Waals surface area (Å²) in [5.74, 6) is 14.9. The number of rotatable bonds is 11. The zero-order chi connectivity index (χ0) is 32.1. The number of fused-ring (bicyclic) bond motifs is 2. The van der Waals surface area contributed by atoms with E-state index in [1.807, 2.05) is 30.3 Å². The first-order chi connectivity index (χ1) is 22.5. The van der Waals surface area contributed by atoms with Crippen molar-refractivity contribution in [2.45, 2.75) is 71.3 Å². The lowest BCUT2D eigenvalue weighted by atomic mass is 9.87. The predicted molar refractivity (Wildman–Crippen MR) is 186 cm³/mol. The summed E-state index contributed by atoms with van der Waals surface area (Å²) in [5.41, 5.74) is 6.71. The van der Waals surface area contributed by atoms with Gasteiger partial charge in [0, 0.05) is 28.3 Å². The lowest BCUT2D eigenvalue weighted by Gasteiger charge is -2.22. The monoisotopic (exact) mass is 610 g/mol. The van der Waals surface area contributed by atoms with Crippen molar-refractivity contribution in [1.82, 2.24) is 0 Å². The molecule has 5 rings (SSSR count). The topological polar surface area (TPSA) is 44.8 Å². The number of carbonyl (C=O) groups excluding carboxylic acids is 1. The van der Waals surface area contributed by atoms with Gasteiger partial charge in [-0.15, -0.1) is 0 Å². The molecule has 0 heterocycles. The Labute approximate surface area is 273 Å². The van der Waals surface area contributed by atoms with Crippen LogP contribution in [0.3, 0.4) is 0 Å². The van der Waals surface area contributed by atoms with Gasteiger partial charge in [-0.2, -0.15) is 0 Å². The molecule has 4 nitrogen and oxygen atoms in total. The largest absolute Gasteiger partial charge is 0.494 e. The smallest absolute Gasteiger partial charge is 0.330 e. The van der Waals surface area contributed by atoms with Crippen LogP contribution in [0.15, 0.2) is 85.5 Å². The second-order valence-electron chi connectivity index (χ2n) is 11.9. The van der Waals surface area contributed by atoms with Crippen molar-refractivity contribution in [2.75, 3.05) is 13.2 Å². The summed E-state index contributed by atoms with van der Waals surface area (Å²) < 4.78 is 17.0. The van der Waals surface area contributed by atoms with Crippen LogP contribution < -0.4 is 9.47 Å². The third-order valence-electron chi connectivity index (χ3n) is 7.96. The van der Waals surface area contributed by atoms with Gasteiger partial charge in [0.1, 0.15) is 11.5 Å². The van der Waals surface area contributed by atoms with Gasteiger partial charge >= 0.3 is 5.97 Å². The summed E-state index contributed by atoms with van der Waals surface area (Å²) in [6, 6.07) is 24.8. The highest BCUT2D eigenvalue weighted by atomic mass is 16.5. The fourth-order valence-electron chi connectivity index (χ4n) is 5.61. The Kier molecular flexibility index (Phi) is 11.6. The average molecular weight is 611 g/mol. The number of benzene rings is 4. The average Bonchev–Trinajstić information content (AvgIpc) is 3.08. The Hall–Kier alpha value is -4.93. The quantitative estimate of drug-likeness (QED) is 0.0736. The second kappa shape index (κ2) is 16.4. The maximum absolute atomic E-state index is 11.1. The van der Waals surface area contributed by atoms with Gasteiger partial charge < -0.3 is 14.2 Å². The molecule has 1 aliphatic rings. The first-order valence-electron chi connectivity index (χ1n) is 16.4. The number of unbranched alkanes of at least 4 members (excludes halogenated alkanes) is 3. The molecule has 4 aromatic rings. The van der Waals surface area contributed by atoms with Gasteiger partial charge in [0.15, 0.2) is 0 Å². The van der Waals surface area contributed by atoms with E-state index in [1.165, 1.54) is 30.0 Å². The summed E-state index contributed by atoms with van der Waals surface area (Å²) in [7, 11) is 0. The van der Waals surface area contributed by atoms with Crippen LogP contribution >= 0.6 is 0 Å². The molecule has 0 bridgehead atoms. The summed E-state index contributed by atoms with van der Waals surface area (Å²) in [5, 5.41) is 2.25. The lowest BCUT2D eigenvalue weighted by molar-refractivity contribution is -0.137. The standard InChI is InChI=1S/C42H42O4/c1-4-42(43)45-28-10-6-5-9-27-44-38-25-23-36-29-34(20-22-37(36)30-38)18-17-32-13-15-33(16-14-32)19-21-35-24-26-41(46-31(2)3)40-12-8-7-11-39(35)40/h4,13-16,20,22-26,29-31H,1,5-12,27-28H2,2-3H3. The SMILES string of the molecule is C=CC(=O)OCCCCCCOc1ccc2cc(C#Cc3ccc(C#Cc4ccc(OC(C)C)c5c4CCCC5)cc3)ccc2c1. The van der Waals surface area contributed by atoms with E-state index >= 15 is 0 Å². The molecule has 46 heavy (non-hydrogen) atoms. The van der Waals surface area contributed by atoms with Crippen LogP contribution in [-0.4, -0.2) is 25.3 Å². The molecule has 0 aromatic heterocycles. The molecule has 0 spiro atoms. The lowest BCUT2D eigenvalue weighted by Crippen LogP contribution is -2.12. The van der Waals surface area contributed by atoms with Crippen molar-refractivity contribution < 1.29 is 19.0 Å². The molecule has 0 amide bonds. The highest BCUT2D eigenvalue weighted by molar-refractivity contribution is 5.85. The van der Waals surface area contributed by atoms with Crippen LogP contribution in [0.1, 0.15) is 85.8 Å². The maximum atomic E-state index is 11.1. The van der Waals surface area contributed by atoms with Gasteiger partial charge in [-0.1, -0.05) is 42.4 Å². The number of esters is 1. The summed E-state index contributed by atoms with van der Waals surface area (Å²) in [6.45, 7) is 8.65. The molecule has 0 aliphatic heterocycles. The van der Waals surface area contributed by atoms with Gasteiger partial charge in [-0.3, -0.25) is 0 Å². The molecular formula is C42H42O4. The number of carbonyl (C=O) groups is 1. The highest BCUT2D eigenvalue weighted by Gasteiger charge is 2.18. The molecular weight excluding hydrogens is 568 g/mol. The fourth-order valence-corrected chi connectivity index (χ4v) is 5.61. The summed E-state index contributed by atoms with van der Waals surface area (Å²) >= 11 is 0. The molecule has 0 atom stereocenters. The number of ether oxygens (including phenoxy) is 3. The zero-order valence-electron chi connectivity index (χ0n) is 27.0. The normalized spacial score (nSPS) is 11.9. The molecule has 0 saturated carbocycles. The van der Waals surface area contributed by atoms with E-state index < -0.39 is 0 Å². The van der Waals surface area contributed by atoms with Crippen molar-refractivity contribution in [3.63, 3.8) is 0 Å². The van der Waals surface area contributed by atoms with Gasteiger partial charge in [0.05, 0.1) is 19.3 Å². The van der Waals surface area contributed by atoms with Crippen LogP contribution in [0.5, 0.6) is 11.5 Å². The van der Waals surface area contributed by atoms with Crippen molar-refractivity contribution in [2.24, 2.45) is 0 Å². The number of hydrogen-bond donors (Lipinski definition) is 0. The van der Waals surface area contributed by atoms with E-state index in [-0.39, 0.29) is 12.1 Å². The Morgan fingerprint density at radius 1 is 0.739 bits per heavy atom. The van der Waals surface area contributed by atoms with Gasteiger partial charge in [-0.05, 0) is 148 Å². The molecule has 4 heteroatoms. The molecule has 0 unspecified atom stereocenters. The van der Waals surface area contributed by atoms with Crippen LogP contribution in [0, 0.1) is 23.7 Å². The minimum absolute atomic E-state index is 0.168. The van der Waals surface area contributed by atoms with Crippen molar-refractivity contribution in [3.05, 3.63) is 119 Å². The van der Waals surface area contributed by atoms with Crippen molar-refractivity contribution >= 4 is 16.7 Å². The maximum Gasteiger partial charge on any atom is 0.330 e. The summed E-state index contributed by atoms with van der Waals surface area (Å²) in [4.78, 5) is 11.1. The van der Waals surface area contributed by atoms with Crippen LogP contribution in [-0.2, 0) is 22.4 Å². The number of hydrogen-bond acceptors (Lipinski definition) is 4. The van der Waals surface area contributed by atoms with Crippen molar-refractivity contribution in [1.29, 1.82) is 0 Å². The van der Waals surface area contributed by atoms with Crippen LogP contribution in [0.25, 0.3) is 10.8 Å². The van der Waals surface area contributed by atoms with E-state index in [4.69, 9.17) is 14.2 Å². The third-order valence-corrected chi connectivity index (χ3v) is 7.96. The van der Waals surface area contributed by atoms with Crippen LogP contribution in [0.2, 0.25) is 0 Å². The Morgan fingerprint density at radius 3 is 2.11 bits per heavy atom. The van der Waals surface area contributed by atoms with E-state index in [0.29, 0.717) is 13.2 Å². The first kappa shape index (κ1) is 32.5. The van der Waals surface area contributed by atoms with E-state index in [0.717, 1.165) is 83.1 Å².